The summed E-state index contributed by atoms with van der Waals surface area (Å²) in [5.41, 5.74) is 0. The highest BCUT2D eigenvalue weighted by Crippen LogP contribution is 2.34. The minimum Gasteiger partial charge on any atom is -0.486 e. The summed E-state index contributed by atoms with van der Waals surface area (Å²) in [4.78, 5) is 2.85. The molecule has 0 aliphatic carbocycles. The van der Waals surface area contributed by atoms with E-state index in [2.05, 4.69) is 4.90 Å². The van der Waals surface area contributed by atoms with Crippen molar-refractivity contribution in [3.8, 4) is 11.5 Å². The molecule has 0 radical (unpaired) electrons. The third-order valence-electron chi connectivity index (χ3n) is 5.48. The molecule has 0 aromatic heterocycles. The van der Waals surface area contributed by atoms with E-state index in [4.69, 9.17) is 9.47 Å². The quantitative estimate of drug-likeness (QED) is 0.820. The molecule has 3 heterocycles. The first-order chi connectivity index (χ1) is 12.1. The number of hydrogen-bond donors (Lipinski definition) is 0. The Morgan fingerprint density at radius 2 is 1.56 bits per heavy atom. The van der Waals surface area contributed by atoms with Crippen LogP contribution < -0.4 is 9.47 Å². The maximum absolute atomic E-state index is 13.0. The van der Waals surface area contributed by atoms with Gasteiger partial charge in [0.2, 0.25) is 10.0 Å². The molecule has 0 unspecified atom stereocenters. The monoisotopic (exact) mass is 366 g/mol. The molecule has 25 heavy (non-hydrogen) atoms. The van der Waals surface area contributed by atoms with Crippen molar-refractivity contribution in [2.75, 3.05) is 39.4 Å². The summed E-state index contributed by atoms with van der Waals surface area (Å²) in [7, 11) is -3.47. The van der Waals surface area contributed by atoms with Gasteiger partial charge in [0.1, 0.15) is 13.2 Å². The van der Waals surface area contributed by atoms with Gasteiger partial charge >= 0.3 is 0 Å². The molecule has 0 spiro atoms. The van der Waals surface area contributed by atoms with Crippen molar-refractivity contribution in [2.45, 2.75) is 43.0 Å². The Morgan fingerprint density at radius 3 is 2.28 bits per heavy atom. The molecule has 0 N–H and O–H groups in total. The molecular weight excluding hydrogens is 340 g/mol. The van der Waals surface area contributed by atoms with Crippen LogP contribution in [0.2, 0.25) is 0 Å². The summed E-state index contributed by atoms with van der Waals surface area (Å²) in [5, 5.41) is 0. The Bertz CT molecular complexity index is 708. The minimum absolute atomic E-state index is 0.299. The normalized spacial score (nSPS) is 23.5. The number of piperidine rings is 2. The van der Waals surface area contributed by atoms with Gasteiger partial charge in [0.05, 0.1) is 4.90 Å². The molecule has 3 aliphatic rings. The molecule has 0 atom stereocenters. The molecule has 1 aromatic carbocycles. The molecular formula is C18H26N2O4S. The maximum Gasteiger partial charge on any atom is 0.243 e. The number of rotatable bonds is 3. The second kappa shape index (κ2) is 7.13. The van der Waals surface area contributed by atoms with Crippen molar-refractivity contribution in [2.24, 2.45) is 0 Å². The Balaban J connectivity index is 1.44. The summed E-state index contributed by atoms with van der Waals surface area (Å²) in [6.45, 7) is 4.48. The van der Waals surface area contributed by atoms with E-state index >= 15 is 0 Å². The standard InChI is InChI=1S/C18H26N2O4S/c21-25(22,16-4-5-17-18(14-16)24-13-12-23-17)20-10-6-15(7-11-20)19-8-2-1-3-9-19/h4-5,14-15H,1-3,6-13H2. The minimum atomic E-state index is -3.47. The zero-order valence-electron chi connectivity index (χ0n) is 14.5. The highest BCUT2D eigenvalue weighted by molar-refractivity contribution is 7.89. The Morgan fingerprint density at radius 1 is 0.880 bits per heavy atom. The second-order valence-electron chi connectivity index (χ2n) is 7.04. The van der Waals surface area contributed by atoms with Gasteiger partial charge < -0.3 is 14.4 Å². The highest BCUT2D eigenvalue weighted by Gasteiger charge is 2.32. The van der Waals surface area contributed by atoms with Gasteiger partial charge in [-0.2, -0.15) is 4.31 Å². The van der Waals surface area contributed by atoms with Gasteiger partial charge in [-0.3, -0.25) is 0 Å². The van der Waals surface area contributed by atoms with Crippen molar-refractivity contribution in [1.29, 1.82) is 0 Å². The number of benzene rings is 1. The first kappa shape index (κ1) is 17.1. The third kappa shape index (κ3) is 3.50. The summed E-state index contributed by atoms with van der Waals surface area (Å²) >= 11 is 0. The van der Waals surface area contributed by atoms with Gasteiger partial charge in [-0.25, -0.2) is 8.42 Å². The van der Waals surface area contributed by atoms with E-state index in [0.29, 0.717) is 48.7 Å². The van der Waals surface area contributed by atoms with E-state index in [-0.39, 0.29) is 0 Å². The molecule has 7 heteroatoms. The van der Waals surface area contributed by atoms with Crippen LogP contribution in [-0.4, -0.2) is 63.1 Å². The van der Waals surface area contributed by atoms with E-state index < -0.39 is 10.0 Å². The lowest BCUT2D eigenvalue weighted by atomic mass is 10.0. The lowest BCUT2D eigenvalue weighted by Crippen LogP contribution is -2.48. The van der Waals surface area contributed by atoms with Gasteiger partial charge in [0, 0.05) is 25.2 Å². The summed E-state index contributed by atoms with van der Waals surface area (Å²) in [5.74, 6) is 1.14. The zero-order valence-corrected chi connectivity index (χ0v) is 15.3. The molecule has 1 aromatic rings. The lowest BCUT2D eigenvalue weighted by molar-refractivity contribution is 0.118. The van der Waals surface area contributed by atoms with Crippen LogP contribution in [0.25, 0.3) is 0 Å². The number of hydrogen-bond acceptors (Lipinski definition) is 5. The fourth-order valence-corrected chi connectivity index (χ4v) is 5.55. The number of likely N-dealkylation sites (tertiary alicyclic amines) is 1. The number of sulfonamides is 1. The summed E-state index contributed by atoms with van der Waals surface area (Å²) in [6.07, 6.45) is 5.72. The Kier molecular flexibility index (Phi) is 4.88. The zero-order chi connectivity index (χ0) is 17.3. The van der Waals surface area contributed by atoms with Crippen LogP contribution in [0, 0.1) is 0 Å². The predicted molar refractivity (Wildman–Crippen MR) is 94.6 cm³/mol. The number of ether oxygens (including phenoxy) is 2. The van der Waals surface area contributed by atoms with E-state index in [9.17, 15) is 8.42 Å². The molecule has 0 bridgehead atoms. The lowest BCUT2D eigenvalue weighted by Gasteiger charge is -2.39. The van der Waals surface area contributed by atoms with Crippen LogP contribution in [-0.2, 0) is 10.0 Å². The largest absolute Gasteiger partial charge is 0.486 e. The van der Waals surface area contributed by atoms with E-state index in [1.54, 1.807) is 22.5 Å². The van der Waals surface area contributed by atoms with Crippen molar-refractivity contribution in [3.63, 3.8) is 0 Å². The third-order valence-corrected chi connectivity index (χ3v) is 7.38. The van der Waals surface area contributed by atoms with Crippen LogP contribution in [0.4, 0.5) is 0 Å². The van der Waals surface area contributed by atoms with Crippen LogP contribution >= 0.6 is 0 Å². The molecule has 0 saturated carbocycles. The molecule has 2 fully saturated rings. The average Bonchev–Trinajstić information content (AvgIpc) is 2.68. The molecule has 0 amide bonds. The van der Waals surface area contributed by atoms with E-state index in [0.717, 1.165) is 12.8 Å². The van der Waals surface area contributed by atoms with Crippen molar-refractivity contribution in [3.05, 3.63) is 18.2 Å². The van der Waals surface area contributed by atoms with E-state index in [1.807, 2.05) is 0 Å². The predicted octanol–water partition coefficient (Wildman–Crippen LogP) is 2.10. The Labute approximate surface area is 149 Å². The van der Waals surface area contributed by atoms with Gasteiger partial charge in [-0.05, 0) is 50.9 Å². The molecule has 4 rings (SSSR count). The van der Waals surface area contributed by atoms with Crippen LogP contribution in [0.3, 0.4) is 0 Å². The average molecular weight is 366 g/mol. The van der Waals surface area contributed by atoms with Gasteiger partial charge in [0.15, 0.2) is 11.5 Å². The smallest absolute Gasteiger partial charge is 0.243 e. The maximum atomic E-state index is 13.0. The Hall–Kier alpha value is -1.31. The number of fused-ring (bicyclic) bond motifs is 1. The van der Waals surface area contributed by atoms with Crippen molar-refractivity contribution in [1.82, 2.24) is 9.21 Å². The summed E-state index contributed by atoms with van der Waals surface area (Å²) < 4.78 is 38.6. The van der Waals surface area contributed by atoms with E-state index in [1.165, 1.54) is 32.4 Å². The van der Waals surface area contributed by atoms with Crippen molar-refractivity contribution < 1.29 is 17.9 Å². The second-order valence-corrected chi connectivity index (χ2v) is 8.98. The molecule has 3 aliphatic heterocycles. The van der Waals surface area contributed by atoms with Crippen molar-refractivity contribution >= 4 is 10.0 Å². The molecule has 6 nitrogen and oxygen atoms in total. The fraction of sp³-hybridized carbons (Fsp3) is 0.667. The number of nitrogens with zero attached hydrogens (tertiary/aromatic N) is 2. The van der Waals surface area contributed by atoms with Crippen LogP contribution in [0.5, 0.6) is 11.5 Å². The molecule has 2 saturated heterocycles. The van der Waals surface area contributed by atoms with Crippen LogP contribution in [0.1, 0.15) is 32.1 Å². The first-order valence-electron chi connectivity index (χ1n) is 9.28. The van der Waals surface area contributed by atoms with Gasteiger partial charge in [0.25, 0.3) is 0 Å². The highest BCUT2D eigenvalue weighted by atomic mass is 32.2. The first-order valence-corrected chi connectivity index (χ1v) is 10.7. The topological polar surface area (TPSA) is 59.1 Å². The summed E-state index contributed by atoms with van der Waals surface area (Å²) in [6, 6.07) is 5.45. The fourth-order valence-electron chi connectivity index (χ4n) is 4.06. The molecule has 138 valence electrons. The SMILES string of the molecule is O=S(=O)(c1ccc2c(c1)OCCO2)N1CCC(N2CCCCC2)CC1. The van der Waals surface area contributed by atoms with Gasteiger partial charge in [-0.1, -0.05) is 6.42 Å². The van der Waals surface area contributed by atoms with Crippen LogP contribution in [0.15, 0.2) is 23.1 Å². The van der Waals surface area contributed by atoms with Gasteiger partial charge in [-0.15, -0.1) is 0 Å².